The first-order valence-electron chi connectivity index (χ1n) is 15.8. The Labute approximate surface area is 261 Å². The van der Waals surface area contributed by atoms with Crippen LogP contribution in [0.15, 0.2) is 11.3 Å². The molecule has 4 N–H and O–H groups in total. The fourth-order valence-corrected chi connectivity index (χ4v) is 9.00. The number of aliphatic hydroxyl groups is 2. The maximum absolute atomic E-state index is 13.7. The van der Waals surface area contributed by atoms with Crippen LogP contribution >= 0.6 is 0 Å². The number of hydrogen-bond donors (Lipinski definition) is 4. The number of nitrogens with one attached hydrogen (secondary N) is 2. The predicted molar refractivity (Wildman–Crippen MR) is 153 cm³/mol. The van der Waals surface area contributed by atoms with Crippen molar-refractivity contribution in [2.45, 2.75) is 96.2 Å². The lowest BCUT2D eigenvalue weighted by Gasteiger charge is -2.67. The van der Waals surface area contributed by atoms with Crippen LogP contribution in [0.2, 0.25) is 0 Å². The summed E-state index contributed by atoms with van der Waals surface area (Å²) in [5.41, 5.74) is -4.23. The van der Waals surface area contributed by atoms with E-state index >= 15 is 0 Å². The quantitative estimate of drug-likeness (QED) is 0.162. The summed E-state index contributed by atoms with van der Waals surface area (Å²) >= 11 is 0. The Morgan fingerprint density at radius 2 is 1.67 bits per heavy atom. The lowest BCUT2D eigenvalue weighted by molar-refractivity contribution is -0.288. The van der Waals surface area contributed by atoms with Crippen molar-refractivity contribution in [2.75, 3.05) is 26.8 Å². The van der Waals surface area contributed by atoms with E-state index in [1.165, 1.54) is 0 Å². The van der Waals surface area contributed by atoms with Crippen molar-refractivity contribution in [3.63, 3.8) is 0 Å². The van der Waals surface area contributed by atoms with E-state index in [0.29, 0.717) is 18.5 Å². The highest BCUT2D eigenvalue weighted by atomic mass is 16.6. The van der Waals surface area contributed by atoms with E-state index in [1.54, 1.807) is 13.8 Å². The topological polar surface area (TPSA) is 196 Å². The molecule has 3 aliphatic carbocycles. The molecule has 2 saturated carbocycles. The second kappa shape index (κ2) is 12.2. The number of fused-ring (bicyclic) bond motifs is 2. The third-order valence-electron chi connectivity index (χ3n) is 10.8. The van der Waals surface area contributed by atoms with Gasteiger partial charge in [-0.15, -0.1) is 0 Å². The zero-order valence-corrected chi connectivity index (χ0v) is 26.4. The molecule has 0 aromatic heterocycles. The predicted octanol–water partition coefficient (Wildman–Crippen LogP) is 1.50. The lowest BCUT2D eigenvalue weighted by atomic mass is 9.38. The van der Waals surface area contributed by atoms with E-state index in [4.69, 9.17) is 23.7 Å². The Morgan fingerprint density at radius 3 is 2.29 bits per heavy atom. The number of allylic oxidation sites excluding steroid dienone is 2. The molecule has 2 amide bonds. The van der Waals surface area contributed by atoms with E-state index in [-0.39, 0.29) is 31.8 Å². The molecular formula is C31H44N2O12. The summed E-state index contributed by atoms with van der Waals surface area (Å²) in [5.74, 6) is -5.36. The van der Waals surface area contributed by atoms with E-state index in [1.807, 2.05) is 13.8 Å². The van der Waals surface area contributed by atoms with Gasteiger partial charge in [0.2, 0.25) is 11.7 Å². The Kier molecular flexibility index (Phi) is 8.97. The van der Waals surface area contributed by atoms with Crippen LogP contribution < -0.4 is 10.6 Å². The summed E-state index contributed by atoms with van der Waals surface area (Å²) in [6.45, 7) is 7.80. The number of ether oxygens (including phenoxy) is 5. The van der Waals surface area contributed by atoms with Gasteiger partial charge in [0.1, 0.15) is 12.2 Å². The van der Waals surface area contributed by atoms with Crippen molar-refractivity contribution in [2.24, 2.45) is 28.6 Å². The molecule has 250 valence electrons. The van der Waals surface area contributed by atoms with Gasteiger partial charge in [-0.05, 0) is 43.1 Å². The SMILES string of the molecule is CCCCNC(=O)OC1=C(C)[C@@H]2C[C@H]3OC(=O)[C@H](OC(=O)NCCCC)[C@H]4[C@]5(C(=O)OC)OC[C@]34[C@H]([C@@H](O)[C@@H]5O)[C@@]2(C)CC1=O. The molecule has 2 aliphatic heterocycles. The fourth-order valence-electron chi connectivity index (χ4n) is 9.00. The summed E-state index contributed by atoms with van der Waals surface area (Å²) in [5, 5.41) is 28.8. The van der Waals surface area contributed by atoms with Crippen LogP contribution in [0.4, 0.5) is 9.59 Å². The third-order valence-corrected chi connectivity index (χ3v) is 10.8. The molecule has 5 aliphatic rings. The number of methoxy groups -OCH3 is 1. The van der Waals surface area contributed by atoms with Gasteiger partial charge in [-0.3, -0.25) is 4.79 Å². The minimum Gasteiger partial charge on any atom is -0.467 e. The largest absolute Gasteiger partial charge is 0.467 e. The molecule has 45 heavy (non-hydrogen) atoms. The van der Waals surface area contributed by atoms with Crippen LogP contribution in [0, 0.1) is 28.6 Å². The van der Waals surface area contributed by atoms with E-state index < -0.39 is 88.5 Å². The molecule has 10 atom stereocenters. The molecule has 2 heterocycles. The molecule has 5 rings (SSSR count). The van der Waals surface area contributed by atoms with Crippen LogP contribution in [0.3, 0.4) is 0 Å². The zero-order chi connectivity index (χ0) is 32.9. The van der Waals surface area contributed by atoms with Crippen molar-refractivity contribution in [3.8, 4) is 0 Å². The minimum absolute atomic E-state index is 0.108. The van der Waals surface area contributed by atoms with Crippen molar-refractivity contribution in [3.05, 3.63) is 11.3 Å². The number of amides is 2. The Morgan fingerprint density at radius 1 is 1.02 bits per heavy atom. The number of alkyl carbamates (subject to hydrolysis) is 2. The minimum atomic E-state index is -2.26. The maximum Gasteiger partial charge on any atom is 0.412 e. The smallest absolute Gasteiger partial charge is 0.412 e. The van der Waals surface area contributed by atoms with Crippen molar-refractivity contribution >= 4 is 29.9 Å². The van der Waals surface area contributed by atoms with Gasteiger partial charge in [0, 0.05) is 30.8 Å². The van der Waals surface area contributed by atoms with Gasteiger partial charge < -0.3 is 44.5 Å². The van der Waals surface area contributed by atoms with Crippen LogP contribution in [0.5, 0.6) is 0 Å². The Balaban J connectivity index is 1.58. The monoisotopic (exact) mass is 636 g/mol. The zero-order valence-electron chi connectivity index (χ0n) is 26.4. The maximum atomic E-state index is 13.7. The summed E-state index contributed by atoms with van der Waals surface area (Å²) in [7, 11) is 1.09. The highest BCUT2D eigenvalue weighted by Gasteiger charge is 2.85. The first-order chi connectivity index (χ1) is 21.3. The number of unbranched alkanes of at least 4 members (excludes halogenated alkanes) is 2. The summed E-state index contributed by atoms with van der Waals surface area (Å²) in [6.07, 6.45) is -4.86. The molecule has 0 radical (unpaired) electrons. The molecule has 1 spiro atoms. The average Bonchev–Trinajstić information content (AvgIpc) is 3.30. The molecule has 0 unspecified atom stereocenters. The number of Topliss-reactive ketones (excluding diaryl/α,β-unsaturated/α-hetero) is 1. The number of esters is 2. The molecule has 2 saturated heterocycles. The molecule has 4 fully saturated rings. The number of carbonyl (C=O) groups excluding carboxylic acids is 5. The number of hydrogen-bond acceptors (Lipinski definition) is 12. The third kappa shape index (κ3) is 4.82. The molecular weight excluding hydrogens is 592 g/mol. The molecule has 0 aromatic rings. The van der Waals surface area contributed by atoms with Crippen LogP contribution in [-0.4, -0.2) is 96.9 Å². The highest BCUT2D eigenvalue weighted by Crippen LogP contribution is 2.72. The average molecular weight is 637 g/mol. The summed E-state index contributed by atoms with van der Waals surface area (Å²) in [4.78, 5) is 66.2. The second-order valence-electron chi connectivity index (χ2n) is 13.2. The van der Waals surface area contributed by atoms with Crippen molar-refractivity contribution in [1.82, 2.24) is 10.6 Å². The van der Waals surface area contributed by atoms with Crippen LogP contribution in [0.1, 0.15) is 66.2 Å². The Hall–Kier alpha value is -3.23. The normalized spacial score (nSPS) is 39.7. The van der Waals surface area contributed by atoms with Gasteiger partial charge in [0.15, 0.2) is 11.5 Å². The molecule has 2 bridgehead atoms. The number of rotatable bonds is 9. The van der Waals surface area contributed by atoms with Gasteiger partial charge in [0.25, 0.3) is 0 Å². The first kappa shape index (κ1) is 33.1. The van der Waals surface area contributed by atoms with Gasteiger partial charge in [-0.25, -0.2) is 19.2 Å². The second-order valence-corrected chi connectivity index (χ2v) is 13.2. The number of aliphatic hydroxyl groups excluding tert-OH is 2. The standard InChI is InChI=1S/C31H44N2O12/c1-6-8-10-32-27(39)44-20-15(3)16-12-18-30-14-42-31(26(38)41-5,24(36)19(35)22(30)29(16,4)13-17(20)34)23(30)21(25(37)43-18)45-28(40)33-11-9-7-2/h16,18-19,21-24,35-36H,6-14H2,1-5H3,(H,32,39)(H,33,40)/t16-,18+,19+,21+,22+,23+,24-,29-,30+,31-/m0/s1. The molecule has 14 nitrogen and oxygen atoms in total. The van der Waals surface area contributed by atoms with Gasteiger partial charge in [0.05, 0.1) is 25.7 Å². The van der Waals surface area contributed by atoms with Crippen LogP contribution in [-0.2, 0) is 38.1 Å². The van der Waals surface area contributed by atoms with Gasteiger partial charge >= 0.3 is 24.1 Å². The van der Waals surface area contributed by atoms with Gasteiger partial charge in [-0.2, -0.15) is 0 Å². The van der Waals surface area contributed by atoms with Crippen molar-refractivity contribution < 1.29 is 57.9 Å². The molecule has 14 heteroatoms. The number of carbonyl (C=O) groups is 5. The fraction of sp³-hybridized carbons (Fsp3) is 0.774. The van der Waals surface area contributed by atoms with E-state index in [0.717, 1.165) is 26.4 Å². The van der Waals surface area contributed by atoms with E-state index in [9.17, 15) is 34.2 Å². The molecule has 0 aromatic carbocycles. The Bertz CT molecular complexity index is 1280. The first-order valence-corrected chi connectivity index (χ1v) is 15.8. The summed E-state index contributed by atoms with van der Waals surface area (Å²) in [6, 6.07) is 0. The van der Waals surface area contributed by atoms with Crippen molar-refractivity contribution in [1.29, 1.82) is 0 Å². The number of ketones is 1. The highest BCUT2D eigenvalue weighted by molar-refractivity contribution is 5.98. The van der Waals surface area contributed by atoms with E-state index in [2.05, 4.69) is 10.6 Å². The summed E-state index contributed by atoms with van der Waals surface area (Å²) < 4.78 is 28.3. The van der Waals surface area contributed by atoms with Crippen LogP contribution in [0.25, 0.3) is 0 Å². The van der Waals surface area contributed by atoms with Gasteiger partial charge in [-0.1, -0.05) is 33.6 Å². The lowest BCUT2D eigenvalue weighted by Crippen LogP contribution is -2.79.